The zero-order valence-electron chi connectivity index (χ0n) is 12.7. The van der Waals surface area contributed by atoms with Gasteiger partial charge in [0, 0.05) is 22.9 Å². The maximum absolute atomic E-state index is 7.70. The zero-order chi connectivity index (χ0) is 15.2. The van der Waals surface area contributed by atoms with Crippen LogP contribution >= 0.6 is 0 Å². The van der Waals surface area contributed by atoms with Crippen LogP contribution in [0, 0.1) is 5.41 Å². The number of hydrogen-bond acceptors (Lipinski definition) is 4. The third kappa shape index (κ3) is 2.20. The average molecular weight is 282 g/mol. The second kappa shape index (κ2) is 4.81. The molecule has 1 aromatic carbocycles. The lowest BCUT2D eigenvalue weighted by Gasteiger charge is -2.28. The van der Waals surface area contributed by atoms with E-state index in [-0.39, 0.29) is 0 Å². The molecule has 110 valence electrons. The van der Waals surface area contributed by atoms with Crippen molar-refractivity contribution in [2.75, 3.05) is 5.73 Å². The molecule has 0 radical (unpaired) electrons. The summed E-state index contributed by atoms with van der Waals surface area (Å²) in [4.78, 5) is 4.83. The lowest BCUT2D eigenvalue weighted by Crippen LogP contribution is -2.32. The van der Waals surface area contributed by atoms with E-state index in [9.17, 15) is 0 Å². The Morgan fingerprint density at radius 1 is 1.19 bits per heavy atom. The summed E-state index contributed by atoms with van der Waals surface area (Å²) in [7, 11) is 0. The van der Waals surface area contributed by atoms with E-state index in [0.717, 1.165) is 35.0 Å². The van der Waals surface area contributed by atoms with Crippen molar-refractivity contribution >= 4 is 22.8 Å². The normalized spacial score (nSPS) is 15.0. The SMILES string of the molecule is CC(C)(N)c1nc2ccc(N)c(C=N)c2c2c1CCCC2. The monoisotopic (exact) mass is 282 g/mol. The number of aryl methyl sites for hydroxylation is 1. The summed E-state index contributed by atoms with van der Waals surface area (Å²) < 4.78 is 0. The molecule has 0 atom stereocenters. The van der Waals surface area contributed by atoms with Crippen molar-refractivity contribution in [3.63, 3.8) is 0 Å². The number of fused-ring (bicyclic) bond motifs is 3. The van der Waals surface area contributed by atoms with Gasteiger partial charge in [0.1, 0.15) is 0 Å². The molecule has 0 spiro atoms. The minimum atomic E-state index is -0.457. The van der Waals surface area contributed by atoms with Gasteiger partial charge >= 0.3 is 0 Å². The Labute approximate surface area is 125 Å². The number of hydrogen-bond donors (Lipinski definition) is 3. The molecule has 0 amide bonds. The van der Waals surface area contributed by atoms with Gasteiger partial charge in [-0.1, -0.05) is 0 Å². The molecule has 4 nitrogen and oxygen atoms in total. The van der Waals surface area contributed by atoms with Gasteiger partial charge in [0.2, 0.25) is 0 Å². The first-order chi connectivity index (χ1) is 9.93. The van der Waals surface area contributed by atoms with Gasteiger partial charge in [-0.3, -0.25) is 4.98 Å². The summed E-state index contributed by atoms with van der Waals surface area (Å²) in [6.07, 6.45) is 5.72. The largest absolute Gasteiger partial charge is 0.398 e. The molecule has 21 heavy (non-hydrogen) atoms. The minimum absolute atomic E-state index is 0.457. The Morgan fingerprint density at radius 3 is 2.48 bits per heavy atom. The number of pyridine rings is 1. The van der Waals surface area contributed by atoms with Crippen LogP contribution in [0.2, 0.25) is 0 Å². The molecule has 1 aromatic heterocycles. The molecule has 0 aliphatic heterocycles. The summed E-state index contributed by atoms with van der Waals surface area (Å²) in [5, 5.41) is 8.75. The first kappa shape index (κ1) is 14.0. The van der Waals surface area contributed by atoms with Crippen LogP contribution in [-0.4, -0.2) is 11.2 Å². The van der Waals surface area contributed by atoms with Crippen molar-refractivity contribution < 1.29 is 0 Å². The predicted molar refractivity (Wildman–Crippen MR) is 87.9 cm³/mol. The van der Waals surface area contributed by atoms with E-state index in [2.05, 4.69) is 0 Å². The summed E-state index contributed by atoms with van der Waals surface area (Å²) in [5.41, 5.74) is 17.8. The van der Waals surface area contributed by atoms with Crippen molar-refractivity contribution in [1.29, 1.82) is 5.41 Å². The number of nitrogen functional groups attached to an aromatic ring is 1. The summed E-state index contributed by atoms with van der Waals surface area (Å²) in [6.45, 7) is 4.01. The van der Waals surface area contributed by atoms with Crippen LogP contribution in [0.4, 0.5) is 5.69 Å². The van der Waals surface area contributed by atoms with E-state index in [1.807, 2.05) is 26.0 Å². The van der Waals surface area contributed by atoms with Gasteiger partial charge in [0.05, 0.1) is 16.7 Å². The van der Waals surface area contributed by atoms with Gasteiger partial charge in [-0.25, -0.2) is 0 Å². The van der Waals surface area contributed by atoms with Crippen LogP contribution in [0.1, 0.15) is 49.1 Å². The van der Waals surface area contributed by atoms with E-state index in [1.165, 1.54) is 30.2 Å². The van der Waals surface area contributed by atoms with Gasteiger partial charge in [0.25, 0.3) is 0 Å². The van der Waals surface area contributed by atoms with Crippen LogP contribution in [0.15, 0.2) is 12.1 Å². The highest BCUT2D eigenvalue weighted by Gasteiger charge is 2.27. The quantitative estimate of drug-likeness (QED) is 0.584. The van der Waals surface area contributed by atoms with Crippen LogP contribution in [0.3, 0.4) is 0 Å². The first-order valence-corrected chi connectivity index (χ1v) is 7.47. The molecule has 0 unspecified atom stereocenters. The molecule has 2 aromatic rings. The fourth-order valence-corrected chi connectivity index (χ4v) is 3.35. The Hall–Kier alpha value is -1.94. The fraction of sp³-hybridized carbons (Fsp3) is 0.412. The smallest absolute Gasteiger partial charge is 0.0717 e. The van der Waals surface area contributed by atoms with E-state index in [4.69, 9.17) is 21.9 Å². The maximum atomic E-state index is 7.70. The summed E-state index contributed by atoms with van der Waals surface area (Å²) >= 11 is 0. The van der Waals surface area contributed by atoms with Crippen molar-refractivity contribution in [2.45, 2.75) is 45.1 Å². The predicted octanol–water partition coefficient (Wildman–Crippen LogP) is 2.89. The highest BCUT2D eigenvalue weighted by Crippen LogP contribution is 2.36. The molecular weight excluding hydrogens is 260 g/mol. The van der Waals surface area contributed by atoms with Crippen molar-refractivity contribution in [1.82, 2.24) is 4.98 Å². The average Bonchev–Trinajstić information content (AvgIpc) is 2.45. The lowest BCUT2D eigenvalue weighted by molar-refractivity contribution is 0.521. The minimum Gasteiger partial charge on any atom is -0.398 e. The Kier molecular flexibility index (Phi) is 3.21. The highest BCUT2D eigenvalue weighted by molar-refractivity contribution is 6.04. The van der Waals surface area contributed by atoms with E-state index >= 15 is 0 Å². The number of nitrogens with zero attached hydrogens (tertiary/aromatic N) is 1. The van der Waals surface area contributed by atoms with E-state index < -0.39 is 5.54 Å². The summed E-state index contributed by atoms with van der Waals surface area (Å²) in [5.74, 6) is 0. The van der Waals surface area contributed by atoms with Crippen molar-refractivity contribution in [3.8, 4) is 0 Å². The Balaban J connectivity index is 2.46. The first-order valence-electron chi connectivity index (χ1n) is 7.47. The molecule has 1 aliphatic carbocycles. The number of nitrogens with one attached hydrogen (secondary N) is 1. The standard InChI is InChI=1S/C17H22N4/c1-17(2,20)16-11-6-4-3-5-10(11)15-12(9-18)13(19)7-8-14(15)21-16/h7-9,18H,3-6,19-20H2,1-2H3. The molecule has 1 aliphatic rings. The van der Waals surface area contributed by atoms with Crippen LogP contribution < -0.4 is 11.5 Å². The molecule has 0 saturated carbocycles. The van der Waals surface area contributed by atoms with Gasteiger partial charge in [0.15, 0.2) is 0 Å². The molecule has 0 saturated heterocycles. The van der Waals surface area contributed by atoms with Gasteiger partial charge in [-0.15, -0.1) is 0 Å². The second-order valence-electron chi connectivity index (χ2n) is 6.45. The van der Waals surface area contributed by atoms with E-state index in [1.54, 1.807) is 0 Å². The molecule has 0 fully saturated rings. The summed E-state index contributed by atoms with van der Waals surface area (Å²) in [6, 6.07) is 3.78. The van der Waals surface area contributed by atoms with Crippen LogP contribution in [-0.2, 0) is 18.4 Å². The van der Waals surface area contributed by atoms with Gasteiger partial charge < -0.3 is 16.9 Å². The van der Waals surface area contributed by atoms with Crippen molar-refractivity contribution in [3.05, 3.63) is 34.5 Å². The van der Waals surface area contributed by atoms with Gasteiger partial charge in [-0.05, 0) is 62.8 Å². The van der Waals surface area contributed by atoms with Crippen molar-refractivity contribution in [2.24, 2.45) is 5.73 Å². The molecule has 1 heterocycles. The third-order valence-electron chi connectivity index (χ3n) is 4.30. The number of nitrogens with two attached hydrogens (primary N) is 2. The number of anilines is 1. The maximum Gasteiger partial charge on any atom is 0.0717 e. The molecular formula is C17H22N4. The molecule has 5 N–H and O–H groups in total. The number of aromatic nitrogens is 1. The molecule has 4 heteroatoms. The molecule has 3 rings (SSSR count). The second-order valence-corrected chi connectivity index (χ2v) is 6.45. The number of rotatable bonds is 2. The van der Waals surface area contributed by atoms with Crippen LogP contribution in [0.25, 0.3) is 10.9 Å². The Bertz CT molecular complexity index is 726. The van der Waals surface area contributed by atoms with E-state index in [0.29, 0.717) is 5.69 Å². The highest BCUT2D eigenvalue weighted by atomic mass is 14.8. The molecule has 0 bridgehead atoms. The van der Waals surface area contributed by atoms with Crippen LogP contribution in [0.5, 0.6) is 0 Å². The van der Waals surface area contributed by atoms with Gasteiger partial charge in [-0.2, -0.15) is 0 Å². The Morgan fingerprint density at radius 2 is 1.86 bits per heavy atom. The number of benzene rings is 1. The lowest BCUT2D eigenvalue weighted by atomic mass is 9.82. The topological polar surface area (TPSA) is 88.8 Å². The third-order valence-corrected chi connectivity index (χ3v) is 4.30. The zero-order valence-corrected chi connectivity index (χ0v) is 12.7. The fourth-order valence-electron chi connectivity index (χ4n) is 3.35.